The van der Waals surface area contributed by atoms with Crippen molar-refractivity contribution in [2.75, 3.05) is 13.2 Å². The summed E-state index contributed by atoms with van der Waals surface area (Å²) in [6.45, 7) is 8.68. The molecule has 0 saturated carbocycles. The Labute approximate surface area is 126 Å². The van der Waals surface area contributed by atoms with Crippen LogP contribution in [0.15, 0.2) is 0 Å². The molecule has 2 amide bonds. The van der Waals surface area contributed by atoms with Gasteiger partial charge in [0.1, 0.15) is 11.6 Å². The zero-order chi connectivity index (χ0) is 15.6. The van der Waals surface area contributed by atoms with Gasteiger partial charge in [-0.1, -0.05) is 13.3 Å². The summed E-state index contributed by atoms with van der Waals surface area (Å²) in [5.74, 6) is -0.315. The molecule has 0 aromatic rings. The van der Waals surface area contributed by atoms with Crippen molar-refractivity contribution in [3.63, 3.8) is 0 Å². The number of hydroxylamine groups is 2. The minimum Gasteiger partial charge on any atom is -0.458 e. The molecule has 6 heteroatoms. The van der Waals surface area contributed by atoms with E-state index in [9.17, 15) is 9.59 Å². The van der Waals surface area contributed by atoms with Gasteiger partial charge in [-0.25, -0.2) is 9.59 Å². The van der Waals surface area contributed by atoms with Crippen LogP contribution in [-0.2, 0) is 14.4 Å². The van der Waals surface area contributed by atoms with Gasteiger partial charge in [0.25, 0.3) is 0 Å². The number of unbranched alkanes of at least 4 members (excludes halogenated alkanes) is 1. The SMILES string of the molecule is CCCCON1C(=O)N2C[C@H]1CC[C@H]2C(=O)OC(C)(C)C. The van der Waals surface area contributed by atoms with E-state index in [1.165, 1.54) is 5.06 Å². The van der Waals surface area contributed by atoms with Crippen LogP contribution in [0.4, 0.5) is 4.79 Å². The Kier molecular flexibility index (Phi) is 4.76. The molecule has 0 aromatic carbocycles. The van der Waals surface area contributed by atoms with Crippen molar-refractivity contribution >= 4 is 12.0 Å². The van der Waals surface area contributed by atoms with E-state index in [0.717, 1.165) is 19.3 Å². The summed E-state index contributed by atoms with van der Waals surface area (Å²) < 4.78 is 5.42. The average Bonchev–Trinajstić information content (AvgIpc) is 2.62. The van der Waals surface area contributed by atoms with Gasteiger partial charge >= 0.3 is 12.0 Å². The number of nitrogens with zero attached hydrogens (tertiary/aromatic N) is 2. The Morgan fingerprint density at radius 2 is 2.05 bits per heavy atom. The van der Waals surface area contributed by atoms with Gasteiger partial charge in [0.05, 0.1) is 12.6 Å². The lowest BCUT2D eigenvalue weighted by Crippen LogP contribution is -2.47. The van der Waals surface area contributed by atoms with Crippen LogP contribution in [0.25, 0.3) is 0 Å². The summed E-state index contributed by atoms with van der Waals surface area (Å²) in [6, 6.07) is -0.620. The van der Waals surface area contributed by atoms with Gasteiger partial charge in [0, 0.05) is 6.54 Å². The summed E-state index contributed by atoms with van der Waals surface area (Å²) >= 11 is 0. The molecule has 0 spiro atoms. The second-order valence-electron chi connectivity index (χ2n) is 6.73. The van der Waals surface area contributed by atoms with Gasteiger partial charge in [-0.3, -0.25) is 4.84 Å². The average molecular weight is 298 g/mol. The Balaban J connectivity index is 1.98. The van der Waals surface area contributed by atoms with E-state index in [2.05, 4.69) is 6.92 Å². The van der Waals surface area contributed by atoms with Crippen LogP contribution in [0.1, 0.15) is 53.4 Å². The first-order valence-corrected chi connectivity index (χ1v) is 7.79. The maximum atomic E-state index is 12.4. The maximum Gasteiger partial charge on any atom is 0.345 e. The monoisotopic (exact) mass is 298 g/mol. The molecule has 21 heavy (non-hydrogen) atoms. The number of amides is 2. The van der Waals surface area contributed by atoms with Crippen LogP contribution in [0.2, 0.25) is 0 Å². The van der Waals surface area contributed by atoms with Crippen molar-refractivity contribution in [1.29, 1.82) is 0 Å². The predicted octanol–water partition coefficient (Wildman–Crippen LogP) is 2.33. The van der Waals surface area contributed by atoms with Crippen LogP contribution in [-0.4, -0.2) is 52.8 Å². The molecule has 0 N–H and O–H groups in total. The highest BCUT2D eigenvalue weighted by Gasteiger charge is 2.48. The van der Waals surface area contributed by atoms with Gasteiger partial charge in [0.2, 0.25) is 0 Å². The Morgan fingerprint density at radius 3 is 2.67 bits per heavy atom. The van der Waals surface area contributed by atoms with E-state index in [0.29, 0.717) is 19.6 Å². The van der Waals surface area contributed by atoms with E-state index in [1.807, 2.05) is 20.8 Å². The van der Waals surface area contributed by atoms with Crippen LogP contribution >= 0.6 is 0 Å². The van der Waals surface area contributed by atoms with E-state index < -0.39 is 11.6 Å². The lowest BCUT2D eigenvalue weighted by Gasteiger charge is -2.31. The molecule has 0 radical (unpaired) electrons. The van der Waals surface area contributed by atoms with Crippen molar-refractivity contribution in [2.24, 2.45) is 0 Å². The largest absolute Gasteiger partial charge is 0.458 e. The standard InChI is InChI=1S/C15H26N2O4/c1-5-6-9-20-17-11-7-8-12(16(10-11)14(17)19)13(18)21-15(2,3)4/h11-12H,5-10H2,1-4H3/t11-,12+/m1/s1. The number of hydrogen-bond acceptors (Lipinski definition) is 4. The molecule has 0 unspecified atom stereocenters. The third kappa shape index (κ3) is 3.67. The fourth-order valence-electron chi connectivity index (χ4n) is 2.72. The molecule has 2 atom stereocenters. The number of carbonyl (C=O) groups is 2. The van der Waals surface area contributed by atoms with Crippen molar-refractivity contribution in [3.8, 4) is 0 Å². The summed E-state index contributed by atoms with van der Waals surface area (Å²) in [6.07, 6.45) is 3.36. The van der Waals surface area contributed by atoms with Gasteiger partial charge in [-0.05, 0) is 40.0 Å². The van der Waals surface area contributed by atoms with E-state index >= 15 is 0 Å². The van der Waals surface area contributed by atoms with E-state index in [4.69, 9.17) is 9.57 Å². The summed E-state index contributed by atoms with van der Waals surface area (Å²) in [5, 5.41) is 1.46. The van der Waals surface area contributed by atoms with Crippen molar-refractivity contribution in [1.82, 2.24) is 9.96 Å². The normalized spacial score (nSPS) is 25.4. The number of ether oxygens (including phenoxy) is 1. The van der Waals surface area contributed by atoms with Gasteiger partial charge in [-0.15, -0.1) is 0 Å². The van der Waals surface area contributed by atoms with Gasteiger partial charge in [-0.2, -0.15) is 5.06 Å². The highest BCUT2D eigenvalue weighted by atomic mass is 16.7. The van der Waals surface area contributed by atoms with E-state index in [1.54, 1.807) is 4.90 Å². The molecular weight excluding hydrogens is 272 g/mol. The fourth-order valence-corrected chi connectivity index (χ4v) is 2.72. The second kappa shape index (κ2) is 6.22. The molecule has 2 aliphatic rings. The molecule has 2 bridgehead atoms. The fraction of sp³-hybridized carbons (Fsp3) is 0.867. The topological polar surface area (TPSA) is 59.1 Å². The Hall–Kier alpha value is -1.30. The lowest BCUT2D eigenvalue weighted by molar-refractivity contribution is -0.161. The number of esters is 1. The minimum absolute atomic E-state index is 0.0630. The van der Waals surface area contributed by atoms with Gasteiger partial charge < -0.3 is 9.64 Å². The van der Waals surface area contributed by atoms with Crippen LogP contribution in [0, 0.1) is 0 Å². The minimum atomic E-state index is -0.534. The second-order valence-corrected chi connectivity index (χ2v) is 6.73. The first kappa shape index (κ1) is 16.1. The van der Waals surface area contributed by atoms with Crippen LogP contribution in [0.5, 0.6) is 0 Å². The molecule has 2 aliphatic heterocycles. The first-order valence-electron chi connectivity index (χ1n) is 7.79. The smallest absolute Gasteiger partial charge is 0.345 e. The lowest BCUT2D eigenvalue weighted by atomic mass is 10.0. The number of rotatable bonds is 5. The maximum absolute atomic E-state index is 12.4. The van der Waals surface area contributed by atoms with E-state index in [-0.39, 0.29) is 18.0 Å². The number of urea groups is 1. The molecule has 6 nitrogen and oxygen atoms in total. The van der Waals surface area contributed by atoms with Crippen LogP contribution < -0.4 is 0 Å². The Bertz CT molecular complexity index is 405. The summed E-state index contributed by atoms with van der Waals surface area (Å²) in [5.41, 5.74) is -0.534. The number of piperidine rings is 1. The Morgan fingerprint density at radius 1 is 1.33 bits per heavy atom. The summed E-state index contributed by atoms with van der Waals surface area (Å²) in [4.78, 5) is 31.8. The molecule has 2 rings (SSSR count). The quantitative estimate of drug-likeness (QED) is 0.577. The van der Waals surface area contributed by atoms with Crippen molar-refractivity contribution in [3.05, 3.63) is 0 Å². The van der Waals surface area contributed by atoms with Gasteiger partial charge in [0.15, 0.2) is 0 Å². The number of carbonyl (C=O) groups excluding carboxylic acids is 2. The molecule has 2 saturated heterocycles. The summed E-state index contributed by atoms with van der Waals surface area (Å²) in [7, 11) is 0. The highest BCUT2D eigenvalue weighted by molar-refractivity contribution is 5.85. The molecular formula is C15H26N2O4. The first-order chi connectivity index (χ1) is 9.83. The van der Waals surface area contributed by atoms with Crippen molar-refractivity contribution < 1.29 is 19.2 Å². The van der Waals surface area contributed by atoms with Crippen LogP contribution in [0.3, 0.4) is 0 Å². The number of hydrogen-bond donors (Lipinski definition) is 0. The zero-order valence-electron chi connectivity index (χ0n) is 13.4. The molecule has 0 aromatic heterocycles. The third-order valence-corrected chi connectivity index (χ3v) is 3.73. The molecule has 0 aliphatic carbocycles. The van der Waals surface area contributed by atoms with Crippen molar-refractivity contribution in [2.45, 2.75) is 71.1 Å². The highest BCUT2D eigenvalue weighted by Crippen LogP contribution is 2.31. The molecule has 120 valence electrons. The predicted molar refractivity (Wildman–Crippen MR) is 77.5 cm³/mol. The molecule has 2 fully saturated rings. The third-order valence-electron chi connectivity index (χ3n) is 3.73. The molecule has 2 heterocycles. The zero-order valence-corrected chi connectivity index (χ0v) is 13.4. The number of fused-ring (bicyclic) bond motifs is 2.